The highest BCUT2D eigenvalue weighted by atomic mass is 32.2. The van der Waals surface area contributed by atoms with Crippen molar-refractivity contribution < 1.29 is 17.5 Å². The van der Waals surface area contributed by atoms with Crippen LogP contribution in [0.25, 0.3) is 0 Å². The van der Waals surface area contributed by atoms with Crippen LogP contribution in [0.2, 0.25) is 0 Å². The fraction of sp³-hybridized carbons (Fsp3) is 0.500. The molecule has 4 nitrogen and oxygen atoms in total. The molecule has 2 rings (SSSR count). The Morgan fingerprint density at radius 3 is 2.89 bits per heavy atom. The van der Waals surface area contributed by atoms with E-state index in [0.29, 0.717) is 12.2 Å². The van der Waals surface area contributed by atoms with Crippen molar-refractivity contribution in [1.82, 2.24) is 0 Å². The number of nitrogens with two attached hydrogens (primary N) is 1. The molecule has 100 valence electrons. The molecular weight excluding hydrogens is 257 g/mol. The molecule has 0 spiro atoms. The summed E-state index contributed by atoms with van der Waals surface area (Å²) in [6, 6.07) is 5.46. The Bertz CT molecular complexity index is 518. The Kier molecular flexibility index (Phi) is 3.87. The molecule has 1 aliphatic rings. The molecule has 2 N–H and O–H groups in total. The summed E-state index contributed by atoms with van der Waals surface area (Å²) in [5.74, 6) is 0.297. The summed E-state index contributed by atoms with van der Waals surface area (Å²) in [6.45, 7) is 0.198. The minimum atomic E-state index is -2.93. The van der Waals surface area contributed by atoms with Gasteiger partial charge in [-0.3, -0.25) is 0 Å². The number of halogens is 1. The first-order valence-corrected chi connectivity index (χ1v) is 7.63. The first-order chi connectivity index (χ1) is 8.46. The van der Waals surface area contributed by atoms with E-state index in [4.69, 9.17) is 10.5 Å². The molecule has 0 aromatic heterocycles. The Hall–Kier alpha value is -1.14. The summed E-state index contributed by atoms with van der Waals surface area (Å²) in [7, 11) is -2.93. The molecule has 0 saturated carbocycles. The van der Waals surface area contributed by atoms with Gasteiger partial charge in [0.05, 0.1) is 11.5 Å². The topological polar surface area (TPSA) is 69.4 Å². The van der Waals surface area contributed by atoms with E-state index >= 15 is 0 Å². The fourth-order valence-corrected chi connectivity index (χ4v) is 3.94. The zero-order valence-corrected chi connectivity index (χ0v) is 10.7. The van der Waals surface area contributed by atoms with E-state index in [1.807, 2.05) is 0 Å². The molecule has 6 heteroatoms. The van der Waals surface area contributed by atoms with Crippen LogP contribution in [-0.4, -0.2) is 32.6 Å². The third-order valence-corrected chi connectivity index (χ3v) is 4.91. The molecular formula is C12H16FNO3S. The second kappa shape index (κ2) is 5.24. The van der Waals surface area contributed by atoms with Crippen LogP contribution < -0.4 is 10.5 Å². The number of sulfone groups is 1. The number of benzene rings is 1. The minimum absolute atomic E-state index is 0.0661. The van der Waals surface area contributed by atoms with Gasteiger partial charge in [0.25, 0.3) is 0 Å². The standard InChI is InChI=1S/C12H16FNO3S/c13-10-2-1-3-11(6-10)17-7-12(14)9-4-5-18(15,16)8-9/h1-3,6,9,12H,4-5,7-8,14H2. The van der Waals surface area contributed by atoms with Crippen molar-refractivity contribution in [3.63, 3.8) is 0 Å². The molecule has 2 atom stereocenters. The van der Waals surface area contributed by atoms with Gasteiger partial charge in [-0.15, -0.1) is 0 Å². The highest BCUT2D eigenvalue weighted by Gasteiger charge is 2.32. The fourth-order valence-electron chi connectivity index (χ4n) is 2.05. The van der Waals surface area contributed by atoms with Crippen molar-refractivity contribution in [2.24, 2.45) is 11.7 Å². The van der Waals surface area contributed by atoms with E-state index in [9.17, 15) is 12.8 Å². The molecule has 1 aliphatic heterocycles. The van der Waals surface area contributed by atoms with Gasteiger partial charge in [0, 0.05) is 12.1 Å². The average molecular weight is 273 g/mol. The van der Waals surface area contributed by atoms with Crippen LogP contribution in [0, 0.1) is 11.7 Å². The van der Waals surface area contributed by atoms with Gasteiger partial charge in [-0.1, -0.05) is 6.07 Å². The number of hydrogen-bond acceptors (Lipinski definition) is 4. The lowest BCUT2D eigenvalue weighted by atomic mass is 10.0. The minimum Gasteiger partial charge on any atom is -0.492 e. The summed E-state index contributed by atoms with van der Waals surface area (Å²) >= 11 is 0. The predicted octanol–water partition coefficient (Wildman–Crippen LogP) is 0.967. The maximum atomic E-state index is 12.9. The molecule has 1 saturated heterocycles. The summed E-state index contributed by atoms with van der Waals surface area (Å²) in [5.41, 5.74) is 5.90. The monoisotopic (exact) mass is 273 g/mol. The Balaban J connectivity index is 1.87. The van der Waals surface area contributed by atoms with E-state index in [2.05, 4.69) is 0 Å². The van der Waals surface area contributed by atoms with E-state index in [1.165, 1.54) is 12.1 Å². The normalized spacial score (nSPS) is 23.8. The molecule has 18 heavy (non-hydrogen) atoms. The van der Waals surface area contributed by atoms with Crippen molar-refractivity contribution >= 4 is 9.84 Å². The summed E-state index contributed by atoms with van der Waals surface area (Å²) in [4.78, 5) is 0. The summed E-state index contributed by atoms with van der Waals surface area (Å²) in [5, 5.41) is 0. The average Bonchev–Trinajstić information content (AvgIpc) is 2.67. The van der Waals surface area contributed by atoms with Crippen molar-refractivity contribution in [1.29, 1.82) is 0 Å². The molecule has 0 radical (unpaired) electrons. The third-order valence-electron chi connectivity index (χ3n) is 3.11. The maximum Gasteiger partial charge on any atom is 0.150 e. The van der Waals surface area contributed by atoms with Crippen LogP contribution in [-0.2, 0) is 9.84 Å². The lowest BCUT2D eigenvalue weighted by molar-refractivity contribution is 0.254. The third kappa shape index (κ3) is 3.43. The zero-order valence-electron chi connectivity index (χ0n) is 9.88. The van der Waals surface area contributed by atoms with Gasteiger partial charge in [0.15, 0.2) is 9.84 Å². The zero-order chi connectivity index (χ0) is 13.2. The van der Waals surface area contributed by atoms with Crippen LogP contribution in [0.5, 0.6) is 5.75 Å². The Morgan fingerprint density at radius 1 is 1.50 bits per heavy atom. The van der Waals surface area contributed by atoms with Crippen molar-refractivity contribution in [3.8, 4) is 5.75 Å². The second-order valence-electron chi connectivity index (χ2n) is 4.60. The Morgan fingerprint density at radius 2 is 2.28 bits per heavy atom. The first-order valence-electron chi connectivity index (χ1n) is 5.81. The SMILES string of the molecule is NC(COc1cccc(F)c1)C1CCS(=O)(=O)C1. The molecule has 1 fully saturated rings. The van der Waals surface area contributed by atoms with Crippen molar-refractivity contribution in [2.75, 3.05) is 18.1 Å². The lowest BCUT2D eigenvalue weighted by Crippen LogP contribution is -2.36. The maximum absolute atomic E-state index is 12.9. The van der Waals surface area contributed by atoms with Crippen LogP contribution in [0.1, 0.15) is 6.42 Å². The van der Waals surface area contributed by atoms with E-state index < -0.39 is 9.84 Å². The van der Waals surface area contributed by atoms with Gasteiger partial charge < -0.3 is 10.5 Å². The first kappa shape index (κ1) is 13.3. The number of ether oxygens (including phenoxy) is 1. The Labute approximate surface area is 106 Å². The van der Waals surface area contributed by atoms with Gasteiger partial charge in [0.1, 0.15) is 18.2 Å². The largest absolute Gasteiger partial charge is 0.492 e. The highest BCUT2D eigenvalue weighted by Crippen LogP contribution is 2.21. The van der Waals surface area contributed by atoms with Gasteiger partial charge >= 0.3 is 0 Å². The molecule has 1 aromatic rings. The molecule has 1 aromatic carbocycles. The molecule has 0 amide bonds. The van der Waals surface area contributed by atoms with E-state index in [0.717, 1.165) is 0 Å². The van der Waals surface area contributed by atoms with Gasteiger partial charge in [-0.2, -0.15) is 0 Å². The predicted molar refractivity (Wildman–Crippen MR) is 66.6 cm³/mol. The highest BCUT2D eigenvalue weighted by molar-refractivity contribution is 7.91. The van der Waals surface area contributed by atoms with Crippen molar-refractivity contribution in [3.05, 3.63) is 30.1 Å². The molecule has 0 bridgehead atoms. The summed E-state index contributed by atoms with van der Waals surface area (Å²) < 4.78 is 40.9. The molecule has 1 heterocycles. The van der Waals surface area contributed by atoms with Crippen LogP contribution in [0.15, 0.2) is 24.3 Å². The second-order valence-corrected chi connectivity index (χ2v) is 6.82. The summed E-state index contributed by atoms with van der Waals surface area (Å²) in [6.07, 6.45) is 0.579. The van der Waals surface area contributed by atoms with Gasteiger partial charge in [-0.05, 0) is 24.5 Å². The number of rotatable bonds is 4. The molecule has 2 unspecified atom stereocenters. The quantitative estimate of drug-likeness (QED) is 0.887. The van der Waals surface area contributed by atoms with Crippen LogP contribution in [0.3, 0.4) is 0 Å². The van der Waals surface area contributed by atoms with Crippen molar-refractivity contribution in [2.45, 2.75) is 12.5 Å². The van der Waals surface area contributed by atoms with E-state index in [1.54, 1.807) is 12.1 Å². The lowest BCUT2D eigenvalue weighted by Gasteiger charge is -2.18. The van der Waals surface area contributed by atoms with E-state index in [-0.39, 0.29) is 35.9 Å². The van der Waals surface area contributed by atoms with Gasteiger partial charge in [0.2, 0.25) is 0 Å². The molecule has 0 aliphatic carbocycles. The van der Waals surface area contributed by atoms with Crippen LogP contribution in [0.4, 0.5) is 4.39 Å². The van der Waals surface area contributed by atoms with Crippen LogP contribution >= 0.6 is 0 Å². The van der Waals surface area contributed by atoms with Gasteiger partial charge in [-0.25, -0.2) is 12.8 Å². The number of hydrogen-bond donors (Lipinski definition) is 1. The smallest absolute Gasteiger partial charge is 0.150 e.